The Morgan fingerprint density at radius 2 is 2.27 bits per heavy atom. The van der Waals surface area contributed by atoms with Gasteiger partial charge in [0.05, 0.1) is 6.07 Å². The summed E-state index contributed by atoms with van der Waals surface area (Å²) in [4.78, 5) is 0. The van der Waals surface area contributed by atoms with Crippen LogP contribution < -0.4 is 0 Å². The SMILES string of the molecule is CC=CC(C)=CCC=CC#N. The number of hydrogen-bond acceptors (Lipinski definition) is 1. The van der Waals surface area contributed by atoms with E-state index < -0.39 is 0 Å². The van der Waals surface area contributed by atoms with Crippen molar-refractivity contribution < 1.29 is 0 Å². The summed E-state index contributed by atoms with van der Waals surface area (Å²) in [6, 6.07) is 1.95. The van der Waals surface area contributed by atoms with Gasteiger partial charge in [-0.05, 0) is 20.3 Å². The molecule has 0 heterocycles. The lowest BCUT2D eigenvalue weighted by molar-refractivity contribution is 1.33. The molecule has 0 rings (SSSR count). The standard InChI is InChI=1S/C10H13N/c1-3-7-10(2)8-5-4-6-9-11/h3-4,6-8H,5H2,1-2H3. The molecule has 0 aliphatic rings. The third kappa shape index (κ3) is 6.60. The average Bonchev–Trinajstić information content (AvgIpc) is 1.99. The van der Waals surface area contributed by atoms with Gasteiger partial charge in [-0.25, -0.2) is 0 Å². The normalized spacial score (nSPS) is 12.6. The Morgan fingerprint density at radius 3 is 2.82 bits per heavy atom. The molecule has 0 unspecified atom stereocenters. The molecule has 0 aromatic heterocycles. The zero-order chi connectivity index (χ0) is 8.53. The molecule has 0 aliphatic carbocycles. The Bertz CT molecular complexity index is 214. The number of allylic oxidation sites excluding steroid dienone is 6. The van der Waals surface area contributed by atoms with Crippen molar-refractivity contribution >= 4 is 0 Å². The van der Waals surface area contributed by atoms with Crippen LogP contribution in [0.4, 0.5) is 0 Å². The van der Waals surface area contributed by atoms with Gasteiger partial charge in [-0.2, -0.15) is 5.26 Å². The van der Waals surface area contributed by atoms with Crippen molar-refractivity contribution in [1.82, 2.24) is 0 Å². The molecule has 0 amide bonds. The number of nitriles is 1. The molecule has 0 radical (unpaired) electrons. The lowest BCUT2D eigenvalue weighted by atomic mass is 10.2. The Morgan fingerprint density at radius 1 is 1.55 bits per heavy atom. The summed E-state index contributed by atoms with van der Waals surface area (Å²) >= 11 is 0. The van der Waals surface area contributed by atoms with E-state index in [1.54, 1.807) is 0 Å². The summed E-state index contributed by atoms with van der Waals surface area (Å²) in [6.07, 6.45) is 10.3. The highest BCUT2D eigenvalue weighted by Crippen LogP contribution is 1.97. The molecule has 58 valence electrons. The Hall–Kier alpha value is -1.29. The molecular formula is C10H13N. The van der Waals surface area contributed by atoms with Gasteiger partial charge in [0.25, 0.3) is 0 Å². The first-order chi connectivity index (χ1) is 5.31. The van der Waals surface area contributed by atoms with Gasteiger partial charge < -0.3 is 0 Å². The predicted molar refractivity (Wildman–Crippen MR) is 47.9 cm³/mol. The molecule has 0 N–H and O–H groups in total. The minimum Gasteiger partial charge on any atom is -0.193 e. The fourth-order valence-corrected chi connectivity index (χ4v) is 0.706. The summed E-state index contributed by atoms with van der Waals surface area (Å²) in [5, 5.41) is 8.16. The maximum Gasteiger partial charge on any atom is 0.0908 e. The molecule has 0 spiro atoms. The second-order valence-corrected chi connectivity index (χ2v) is 2.22. The molecule has 0 aromatic carbocycles. The lowest BCUT2D eigenvalue weighted by Crippen LogP contribution is -1.66. The largest absolute Gasteiger partial charge is 0.193 e. The van der Waals surface area contributed by atoms with E-state index in [9.17, 15) is 0 Å². The van der Waals surface area contributed by atoms with Crippen LogP contribution in [0, 0.1) is 11.3 Å². The summed E-state index contributed by atoms with van der Waals surface area (Å²) in [6.45, 7) is 4.03. The third-order valence-electron chi connectivity index (χ3n) is 1.20. The van der Waals surface area contributed by atoms with Gasteiger partial charge in [-0.1, -0.05) is 29.9 Å². The highest BCUT2D eigenvalue weighted by atomic mass is 14.2. The van der Waals surface area contributed by atoms with E-state index in [4.69, 9.17) is 5.26 Å². The second kappa shape index (κ2) is 6.82. The molecule has 0 saturated heterocycles. The van der Waals surface area contributed by atoms with E-state index >= 15 is 0 Å². The predicted octanol–water partition coefficient (Wildman–Crippen LogP) is 2.98. The lowest BCUT2D eigenvalue weighted by Gasteiger charge is -1.87. The van der Waals surface area contributed by atoms with Crippen LogP contribution in [0.5, 0.6) is 0 Å². The maximum atomic E-state index is 8.16. The molecule has 0 bridgehead atoms. The number of rotatable bonds is 3. The summed E-state index contributed by atoms with van der Waals surface area (Å²) in [5.41, 5.74) is 1.23. The highest BCUT2D eigenvalue weighted by molar-refractivity contribution is 5.17. The van der Waals surface area contributed by atoms with E-state index in [1.807, 2.05) is 38.1 Å². The molecule has 11 heavy (non-hydrogen) atoms. The zero-order valence-corrected chi connectivity index (χ0v) is 7.04. The minimum atomic E-state index is 0.837. The van der Waals surface area contributed by atoms with Crippen molar-refractivity contribution in [3.8, 4) is 6.07 Å². The van der Waals surface area contributed by atoms with Gasteiger partial charge in [0.1, 0.15) is 0 Å². The van der Waals surface area contributed by atoms with Crippen LogP contribution in [0.3, 0.4) is 0 Å². The Kier molecular flexibility index (Phi) is 6.02. The van der Waals surface area contributed by atoms with E-state index in [1.165, 1.54) is 11.6 Å². The summed E-state index contributed by atoms with van der Waals surface area (Å²) in [5.74, 6) is 0. The highest BCUT2D eigenvalue weighted by Gasteiger charge is 1.77. The fraction of sp³-hybridized carbons (Fsp3) is 0.300. The fourth-order valence-electron chi connectivity index (χ4n) is 0.706. The van der Waals surface area contributed by atoms with Crippen molar-refractivity contribution in [1.29, 1.82) is 5.26 Å². The zero-order valence-electron chi connectivity index (χ0n) is 7.04. The monoisotopic (exact) mass is 147 g/mol. The van der Waals surface area contributed by atoms with Crippen molar-refractivity contribution in [3.05, 3.63) is 36.0 Å². The Labute approximate surface area is 68.3 Å². The van der Waals surface area contributed by atoms with Crippen LogP contribution in [0.2, 0.25) is 0 Å². The molecule has 0 aromatic rings. The molecule has 0 atom stereocenters. The van der Waals surface area contributed by atoms with Gasteiger partial charge >= 0.3 is 0 Å². The minimum absolute atomic E-state index is 0.837. The Balaban J connectivity index is 3.75. The van der Waals surface area contributed by atoms with Crippen LogP contribution in [0.25, 0.3) is 0 Å². The van der Waals surface area contributed by atoms with Gasteiger partial charge in [0, 0.05) is 6.08 Å². The second-order valence-electron chi connectivity index (χ2n) is 2.22. The first kappa shape index (κ1) is 9.71. The van der Waals surface area contributed by atoms with Crippen molar-refractivity contribution in [3.63, 3.8) is 0 Å². The van der Waals surface area contributed by atoms with Crippen LogP contribution >= 0.6 is 0 Å². The molecule has 0 saturated carbocycles. The van der Waals surface area contributed by atoms with Gasteiger partial charge in [-0.15, -0.1) is 0 Å². The molecule has 1 nitrogen and oxygen atoms in total. The van der Waals surface area contributed by atoms with Gasteiger partial charge in [0.15, 0.2) is 0 Å². The summed E-state index contributed by atoms with van der Waals surface area (Å²) in [7, 11) is 0. The molecule has 0 fully saturated rings. The van der Waals surface area contributed by atoms with Crippen LogP contribution in [-0.4, -0.2) is 0 Å². The quantitative estimate of drug-likeness (QED) is 0.444. The van der Waals surface area contributed by atoms with Crippen molar-refractivity contribution in [2.75, 3.05) is 0 Å². The average molecular weight is 147 g/mol. The van der Waals surface area contributed by atoms with Gasteiger partial charge in [0.2, 0.25) is 0 Å². The van der Waals surface area contributed by atoms with E-state index in [0.29, 0.717) is 0 Å². The van der Waals surface area contributed by atoms with Crippen molar-refractivity contribution in [2.24, 2.45) is 0 Å². The molecule has 1 heteroatoms. The first-order valence-corrected chi connectivity index (χ1v) is 3.65. The van der Waals surface area contributed by atoms with Crippen LogP contribution in [0.1, 0.15) is 20.3 Å². The van der Waals surface area contributed by atoms with E-state index in [-0.39, 0.29) is 0 Å². The smallest absolute Gasteiger partial charge is 0.0908 e. The number of hydrogen-bond donors (Lipinski definition) is 0. The third-order valence-corrected chi connectivity index (χ3v) is 1.20. The van der Waals surface area contributed by atoms with E-state index in [2.05, 4.69) is 6.08 Å². The topological polar surface area (TPSA) is 23.8 Å². The maximum absolute atomic E-state index is 8.16. The van der Waals surface area contributed by atoms with E-state index in [0.717, 1.165) is 6.42 Å². The van der Waals surface area contributed by atoms with Crippen LogP contribution in [-0.2, 0) is 0 Å². The van der Waals surface area contributed by atoms with Crippen molar-refractivity contribution in [2.45, 2.75) is 20.3 Å². The first-order valence-electron chi connectivity index (χ1n) is 3.65. The van der Waals surface area contributed by atoms with Gasteiger partial charge in [-0.3, -0.25) is 0 Å². The molecular weight excluding hydrogens is 134 g/mol. The summed E-state index contributed by atoms with van der Waals surface area (Å²) < 4.78 is 0. The van der Waals surface area contributed by atoms with Crippen LogP contribution in [0.15, 0.2) is 36.0 Å². The molecule has 0 aliphatic heterocycles. The number of nitrogens with zero attached hydrogens (tertiary/aromatic N) is 1.